The fourth-order valence-corrected chi connectivity index (χ4v) is 1.92. The van der Waals surface area contributed by atoms with Crippen molar-refractivity contribution in [3.05, 3.63) is 71.8 Å². The first kappa shape index (κ1) is 16.4. The molecule has 0 unspecified atom stereocenters. The Kier molecular flexibility index (Phi) is 5.58. The Hall–Kier alpha value is -3.01. The summed E-state index contributed by atoms with van der Waals surface area (Å²) in [4.78, 5) is 11.9. The third-order valence-electron chi connectivity index (χ3n) is 3.22. The predicted octanol–water partition coefficient (Wildman–Crippen LogP) is 3.89. The maximum absolute atomic E-state index is 11.9. The first-order valence-corrected chi connectivity index (χ1v) is 7.03. The molecular weight excluding hydrogens is 292 g/mol. The Labute approximate surface area is 135 Å². The molecule has 118 valence electrons. The molecule has 0 spiro atoms. The maximum Gasteiger partial charge on any atom is 0.182 e. The van der Waals surface area contributed by atoms with Crippen molar-refractivity contribution >= 4 is 17.6 Å². The number of aliphatic hydroxyl groups excluding tert-OH is 1. The number of hydrogen-bond donors (Lipinski definition) is 1. The van der Waals surface area contributed by atoms with Crippen LogP contribution in [-0.4, -0.2) is 25.1 Å². The zero-order valence-electron chi connectivity index (χ0n) is 13.0. The van der Waals surface area contributed by atoms with E-state index in [1.54, 1.807) is 44.6 Å². The molecule has 2 aromatic rings. The Balaban J connectivity index is 2.04. The van der Waals surface area contributed by atoms with E-state index >= 15 is 0 Å². The number of allylic oxidation sites excluding steroid dienone is 2. The normalized spacial score (nSPS) is 11.5. The van der Waals surface area contributed by atoms with Crippen LogP contribution in [0.4, 0.5) is 0 Å². The first-order valence-electron chi connectivity index (χ1n) is 7.03. The monoisotopic (exact) mass is 310 g/mol. The molecule has 4 nitrogen and oxygen atoms in total. The van der Waals surface area contributed by atoms with Gasteiger partial charge in [-0.1, -0.05) is 18.2 Å². The molecule has 0 aliphatic rings. The van der Waals surface area contributed by atoms with E-state index in [1.165, 1.54) is 12.2 Å². The SMILES string of the molecule is COc1ccc(/C=C/C(=O)/C=C(\O)c2ccc(OC)cc2)cc1. The molecule has 2 aromatic carbocycles. The average molecular weight is 310 g/mol. The number of carbonyl (C=O) groups is 1. The molecule has 0 saturated carbocycles. The van der Waals surface area contributed by atoms with Crippen molar-refractivity contribution in [2.75, 3.05) is 14.2 Å². The lowest BCUT2D eigenvalue weighted by atomic mass is 10.1. The van der Waals surface area contributed by atoms with Crippen molar-refractivity contribution in [1.29, 1.82) is 0 Å². The van der Waals surface area contributed by atoms with Gasteiger partial charge in [0, 0.05) is 11.6 Å². The van der Waals surface area contributed by atoms with Crippen LogP contribution in [-0.2, 0) is 4.79 Å². The van der Waals surface area contributed by atoms with Gasteiger partial charge in [-0.15, -0.1) is 0 Å². The summed E-state index contributed by atoms with van der Waals surface area (Å²) in [5.74, 6) is 1.06. The molecule has 0 aliphatic heterocycles. The maximum atomic E-state index is 11.9. The topological polar surface area (TPSA) is 55.8 Å². The molecule has 0 radical (unpaired) electrons. The molecule has 0 atom stereocenters. The van der Waals surface area contributed by atoms with Crippen LogP contribution < -0.4 is 9.47 Å². The second-order valence-corrected chi connectivity index (χ2v) is 4.77. The number of ether oxygens (including phenoxy) is 2. The quantitative estimate of drug-likeness (QED) is 0.650. The molecular formula is C19H18O4. The van der Waals surface area contributed by atoms with E-state index in [0.717, 1.165) is 11.3 Å². The molecule has 0 aliphatic carbocycles. The summed E-state index contributed by atoms with van der Waals surface area (Å²) in [6, 6.07) is 14.1. The molecule has 0 aromatic heterocycles. The van der Waals surface area contributed by atoms with Gasteiger partial charge >= 0.3 is 0 Å². The smallest absolute Gasteiger partial charge is 0.182 e. The van der Waals surface area contributed by atoms with Gasteiger partial charge in [0.15, 0.2) is 5.78 Å². The molecule has 0 saturated heterocycles. The van der Waals surface area contributed by atoms with Crippen LogP contribution in [0.15, 0.2) is 60.7 Å². The number of benzene rings is 2. The van der Waals surface area contributed by atoms with Crippen LogP contribution in [0.2, 0.25) is 0 Å². The van der Waals surface area contributed by atoms with E-state index in [2.05, 4.69) is 0 Å². The molecule has 4 heteroatoms. The molecule has 0 amide bonds. The van der Waals surface area contributed by atoms with Crippen LogP contribution in [0.1, 0.15) is 11.1 Å². The van der Waals surface area contributed by atoms with E-state index in [4.69, 9.17) is 9.47 Å². The lowest BCUT2D eigenvalue weighted by Gasteiger charge is -2.02. The van der Waals surface area contributed by atoms with Crippen LogP contribution in [0.25, 0.3) is 11.8 Å². The van der Waals surface area contributed by atoms with Crippen LogP contribution in [0.5, 0.6) is 11.5 Å². The van der Waals surface area contributed by atoms with Gasteiger partial charge in [0.05, 0.1) is 14.2 Å². The van der Waals surface area contributed by atoms with Gasteiger partial charge in [0.25, 0.3) is 0 Å². The highest BCUT2D eigenvalue weighted by molar-refractivity contribution is 6.05. The van der Waals surface area contributed by atoms with E-state index in [0.29, 0.717) is 11.3 Å². The Morgan fingerprint density at radius 3 is 1.96 bits per heavy atom. The highest BCUT2D eigenvalue weighted by Crippen LogP contribution is 2.17. The van der Waals surface area contributed by atoms with Crippen molar-refractivity contribution in [2.24, 2.45) is 0 Å². The van der Waals surface area contributed by atoms with Crippen LogP contribution in [0, 0.1) is 0 Å². The number of carbonyl (C=O) groups excluding carboxylic acids is 1. The summed E-state index contributed by atoms with van der Waals surface area (Å²) in [7, 11) is 3.17. The van der Waals surface area contributed by atoms with Gasteiger partial charge in [0.2, 0.25) is 0 Å². The third-order valence-corrected chi connectivity index (χ3v) is 3.22. The van der Waals surface area contributed by atoms with Gasteiger partial charge in [0.1, 0.15) is 17.3 Å². The lowest BCUT2D eigenvalue weighted by molar-refractivity contribution is -0.110. The Bertz CT molecular complexity index is 710. The summed E-state index contributed by atoms with van der Waals surface area (Å²) >= 11 is 0. The van der Waals surface area contributed by atoms with Gasteiger partial charge < -0.3 is 14.6 Å². The summed E-state index contributed by atoms with van der Waals surface area (Å²) in [6.45, 7) is 0. The zero-order valence-corrected chi connectivity index (χ0v) is 13.0. The lowest BCUT2D eigenvalue weighted by Crippen LogP contribution is -1.91. The van der Waals surface area contributed by atoms with Crippen molar-refractivity contribution < 1.29 is 19.4 Å². The fraction of sp³-hybridized carbons (Fsp3) is 0.105. The summed E-state index contributed by atoms with van der Waals surface area (Å²) in [6.07, 6.45) is 4.27. The van der Waals surface area contributed by atoms with Crippen LogP contribution in [0.3, 0.4) is 0 Å². The minimum atomic E-state index is -0.297. The van der Waals surface area contributed by atoms with Crippen molar-refractivity contribution in [3.8, 4) is 11.5 Å². The molecule has 1 N–H and O–H groups in total. The molecule has 0 heterocycles. The standard InChI is InChI=1S/C19H18O4/c1-22-17-9-4-14(5-10-17)3-8-16(20)13-19(21)15-6-11-18(23-2)12-7-15/h3-13,21H,1-2H3/b8-3+,19-13-. The summed E-state index contributed by atoms with van der Waals surface area (Å²) in [5, 5.41) is 9.97. The Morgan fingerprint density at radius 2 is 1.43 bits per heavy atom. The third kappa shape index (κ3) is 4.74. The number of rotatable bonds is 6. The molecule has 2 rings (SSSR count). The Morgan fingerprint density at radius 1 is 0.913 bits per heavy atom. The fourth-order valence-electron chi connectivity index (χ4n) is 1.92. The van der Waals surface area contributed by atoms with Gasteiger partial charge in [-0.3, -0.25) is 4.79 Å². The largest absolute Gasteiger partial charge is 0.507 e. The predicted molar refractivity (Wildman–Crippen MR) is 90.6 cm³/mol. The van der Waals surface area contributed by atoms with Gasteiger partial charge in [-0.2, -0.15) is 0 Å². The zero-order chi connectivity index (χ0) is 16.7. The number of methoxy groups -OCH3 is 2. The second-order valence-electron chi connectivity index (χ2n) is 4.77. The van der Waals surface area contributed by atoms with Crippen molar-refractivity contribution in [1.82, 2.24) is 0 Å². The minimum Gasteiger partial charge on any atom is -0.507 e. The highest BCUT2D eigenvalue weighted by atomic mass is 16.5. The van der Waals surface area contributed by atoms with E-state index in [-0.39, 0.29) is 11.5 Å². The minimum absolute atomic E-state index is 0.0861. The second kappa shape index (κ2) is 7.84. The molecule has 23 heavy (non-hydrogen) atoms. The van der Waals surface area contributed by atoms with Crippen molar-refractivity contribution in [3.63, 3.8) is 0 Å². The number of hydrogen-bond acceptors (Lipinski definition) is 4. The van der Waals surface area contributed by atoms with E-state index < -0.39 is 0 Å². The number of ketones is 1. The highest BCUT2D eigenvalue weighted by Gasteiger charge is 2.02. The van der Waals surface area contributed by atoms with Gasteiger partial charge in [-0.05, 0) is 48.0 Å². The molecule has 0 fully saturated rings. The van der Waals surface area contributed by atoms with E-state index in [9.17, 15) is 9.90 Å². The number of aliphatic hydroxyl groups is 1. The molecule has 0 bridgehead atoms. The average Bonchev–Trinajstić information content (AvgIpc) is 2.60. The van der Waals surface area contributed by atoms with Crippen molar-refractivity contribution in [2.45, 2.75) is 0 Å². The van der Waals surface area contributed by atoms with Gasteiger partial charge in [-0.25, -0.2) is 0 Å². The van der Waals surface area contributed by atoms with Crippen LogP contribution >= 0.6 is 0 Å². The summed E-state index contributed by atoms with van der Waals surface area (Å²) < 4.78 is 10.1. The summed E-state index contributed by atoms with van der Waals surface area (Å²) in [5.41, 5.74) is 1.42. The van der Waals surface area contributed by atoms with E-state index in [1.807, 2.05) is 24.3 Å². The first-order chi connectivity index (χ1) is 11.1.